The van der Waals surface area contributed by atoms with Crippen molar-refractivity contribution < 1.29 is 14.3 Å². The van der Waals surface area contributed by atoms with Crippen molar-refractivity contribution in [3.8, 4) is 6.07 Å². The number of aryl methyl sites for hydroxylation is 1. The second-order valence-electron chi connectivity index (χ2n) is 4.07. The lowest BCUT2D eigenvalue weighted by Crippen LogP contribution is -2.32. The summed E-state index contributed by atoms with van der Waals surface area (Å²) in [7, 11) is 3.27. The van der Waals surface area contributed by atoms with Crippen LogP contribution in [0.25, 0.3) is 0 Å². The van der Waals surface area contributed by atoms with E-state index in [0.29, 0.717) is 17.8 Å². The molecule has 102 valence electrons. The predicted octanol–water partition coefficient (Wildman–Crippen LogP) is 0.257. The molecule has 0 radical (unpaired) electrons. The van der Waals surface area contributed by atoms with Crippen LogP contribution in [0.4, 0.5) is 0 Å². The lowest BCUT2D eigenvalue weighted by molar-refractivity contribution is -0.133. The molecule has 0 N–H and O–H groups in total. The SMILES string of the molecule is Cc1c(C(=O)OCC(=O)N(C)CCC#N)cnn1C. The van der Waals surface area contributed by atoms with Crippen LogP contribution < -0.4 is 0 Å². The van der Waals surface area contributed by atoms with Crippen LogP contribution in [-0.2, 0) is 16.6 Å². The standard InChI is InChI=1S/C12H16N4O3/c1-9-10(7-14-16(9)3)12(18)19-8-11(17)15(2)6-4-5-13/h7H,4,6,8H2,1-3H3. The summed E-state index contributed by atoms with van der Waals surface area (Å²) in [5.74, 6) is -0.919. The lowest BCUT2D eigenvalue weighted by Gasteiger charge is -2.15. The summed E-state index contributed by atoms with van der Waals surface area (Å²) < 4.78 is 6.47. The van der Waals surface area contributed by atoms with Crippen molar-refractivity contribution in [1.82, 2.24) is 14.7 Å². The minimum absolute atomic E-state index is 0.248. The minimum atomic E-state index is -0.576. The van der Waals surface area contributed by atoms with Gasteiger partial charge in [-0.1, -0.05) is 0 Å². The van der Waals surface area contributed by atoms with Crippen LogP contribution in [0.3, 0.4) is 0 Å². The first-order chi connectivity index (χ1) is 8.97. The predicted molar refractivity (Wildman–Crippen MR) is 66.1 cm³/mol. The third kappa shape index (κ3) is 3.81. The molecular formula is C12H16N4O3. The van der Waals surface area contributed by atoms with Gasteiger partial charge in [-0.15, -0.1) is 0 Å². The molecule has 1 amide bonds. The van der Waals surface area contributed by atoms with Gasteiger partial charge < -0.3 is 9.64 Å². The average Bonchev–Trinajstić information content (AvgIpc) is 2.73. The molecule has 1 heterocycles. The van der Waals surface area contributed by atoms with Gasteiger partial charge in [0, 0.05) is 26.3 Å². The Bertz CT molecular complexity index is 516. The first-order valence-corrected chi connectivity index (χ1v) is 5.74. The Morgan fingerprint density at radius 1 is 1.58 bits per heavy atom. The number of amides is 1. The molecule has 0 aliphatic rings. The van der Waals surface area contributed by atoms with Crippen molar-refractivity contribution in [2.45, 2.75) is 13.3 Å². The van der Waals surface area contributed by atoms with E-state index in [1.165, 1.54) is 11.1 Å². The van der Waals surface area contributed by atoms with Gasteiger partial charge in [-0.3, -0.25) is 9.48 Å². The van der Waals surface area contributed by atoms with E-state index in [-0.39, 0.29) is 18.9 Å². The topological polar surface area (TPSA) is 88.2 Å². The Kier molecular flexibility index (Phi) is 5.06. The smallest absolute Gasteiger partial charge is 0.342 e. The summed E-state index contributed by atoms with van der Waals surface area (Å²) in [6, 6.07) is 1.94. The number of carbonyl (C=O) groups is 2. The number of nitriles is 1. The molecule has 1 rings (SSSR count). The molecule has 19 heavy (non-hydrogen) atoms. The minimum Gasteiger partial charge on any atom is -0.452 e. The first-order valence-electron chi connectivity index (χ1n) is 5.74. The Morgan fingerprint density at radius 3 is 2.79 bits per heavy atom. The van der Waals surface area contributed by atoms with Gasteiger partial charge in [0.15, 0.2) is 6.61 Å². The quantitative estimate of drug-likeness (QED) is 0.712. The van der Waals surface area contributed by atoms with E-state index in [0.717, 1.165) is 0 Å². The number of carbonyl (C=O) groups excluding carboxylic acids is 2. The van der Waals surface area contributed by atoms with Crippen molar-refractivity contribution in [3.63, 3.8) is 0 Å². The number of aromatic nitrogens is 2. The fourth-order valence-electron chi connectivity index (χ4n) is 1.36. The number of hydrogen-bond acceptors (Lipinski definition) is 5. The zero-order chi connectivity index (χ0) is 14.4. The third-order valence-corrected chi connectivity index (χ3v) is 2.77. The Morgan fingerprint density at radius 2 is 2.26 bits per heavy atom. The lowest BCUT2D eigenvalue weighted by atomic mass is 10.3. The molecule has 0 saturated heterocycles. The highest BCUT2D eigenvalue weighted by molar-refractivity contribution is 5.92. The van der Waals surface area contributed by atoms with Crippen molar-refractivity contribution in [2.75, 3.05) is 20.2 Å². The van der Waals surface area contributed by atoms with Gasteiger partial charge in [-0.25, -0.2) is 4.79 Å². The summed E-state index contributed by atoms with van der Waals surface area (Å²) in [6.45, 7) is 1.72. The van der Waals surface area contributed by atoms with Gasteiger partial charge in [0.2, 0.25) is 0 Å². The molecule has 0 bridgehead atoms. The first kappa shape index (κ1) is 14.7. The summed E-state index contributed by atoms with van der Waals surface area (Å²) in [5.41, 5.74) is 1.02. The van der Waals surface area contributed by atoms with E-state index in [2.05, 4.69) is 5.10 Å². The monoisotopic (exact) mass is 264 g/mol. The Hall–Kier alpha value is -2.36. The van der Waals surface area contributed by atoms with Gasteiger partial charge >= 0.3 is 5.97 Å². The average molecular weight is 264 g/mol. The molecule has 1 aromatic heterocycles. The van der Waals surface area contributed by atoms with Gasteiger partial charge in [-0.2, -0.15) is 10.4 Å². The zero-order valence-corrected chi connectivity index (χ0v) is 11.2. The van der Waals surface area contributed by atoms with Gasteiger partial charge in [0.05, 0.1) is 18.7 Å². The second-order valence-corrected chi connectivity index (χ2v) is 4.07. The highest BCUT2D eigenvalue weighted by Crippen LogP contribution is 2.07. The molecule has 0 atom stereocenters. The van der Waals surface area contributed by atoms with E-state index in [4.69, 9.17) is 10.00 Å². The maximum Gasteiger partial charge on any atom is 0.342 e. The van der Waals surface area contributed by atoms with Gasteiger partial charge in [0.1, 0.15) is 5.56 Å². The number of ether oxygens (including phenoxy) is 1. The van der Waals surface area contributed by atoms with E-state index in [9.17, 15) is 9.59 Å². The Labute approximate surface area is 111 Å². The number of nitrogens with zero attached hydrogens (tertiary/aromatic N) is 4. The summed E-state index contributed by atoms with van der Waals surface area (Å²) in [4.78, 5) is 24.7. The third-order valence-electron chi connectivity index (χ3n) is 2.77. The van der Waals surface area contributed by atoms with Gasteiger partial charge in [-0.05, 0) is 6.92 Å². The van der Waals surface area contributed by atoms with Crippen LogP contribution in [0.5, 0.6) is 0 Å². The van der Waals surface area contributed by atoms with Crippen LogP contribution >= 0.6 is 0 Å². The van der Waals surface area contributed by atoms with E-state index < -0.39 is 5.97 Å². The molecule has 7 nitrogen and oxygen atoms in total. The van der Waals surface area contributed by atoms with E-state index in [1.807, 2.05) is 6.07 Å². The highest BCUT2D eigenvalue weighted by atomic mass is 16.5. The molecule has 7 heteroatoms. The van der Waals surface area contributed by atoms with Crippen molar-refractivity contribution in [1.29, 1.82) is 5.26 Å². The number of rotatable bonds is 5. The number of hydrogen-bond donors (Lipinski definition) is 0. The molecular weight excluding hydrogens is 248 g/mol. The van der Waals surface area contributed by atoms with Crippen molar-refractivity contribution in [2.24, 2.45) is 7.05 Å². The maximum absolute atomic E-state index is 11.7. The van der Waals surface area contributed by atoms with Crippen LogP contribution in [0, 0.1) is 18.3 Å². The van der Waals surface area contributed by atoms with E-state index >= 15 is 0 Å². The summed E-state index contributed by atoms with van der Waals surface area (Å²) in [6.07, 6.45) is 1.65. The largest absolute Gasteiger partial charge is 0.452 e. The fourth-order valence-corrected chi connectivity index (χ4v) is 1.36. The molecule has 0 aliphatic carbocycles. The molecule has 0 spiro atoms. The molecule has 0 unspecified atom stereocenters. The van der Waals surface area contributed by atoms with Crippen LogP contribution in [0.2, 0.25) is 0 Å². The number of esters is 1. The summed E-state index contributed by atoms with van der Waals surface area (Å²) in [5, 5.41) is 12.3. The molecule has 0 saturated carbocycles. The Balaban J connectivity index is 2.49. The highest BCUT2D eigenvalue weighted by Gasteiger charge is 2.17. The van der Waals surface area contributed by atoms with Crippen LogP contribution in [0.1, 0.15) is 22.5 Å². The molecule has 0 aliphatic heterocycles. The van der Waals surface area contributed by atoms with Gasteiger partial charge in [0.25, 0.3) is 5.91 Å². The normalized spacial score (nSPS) is 9.79. The summed E-state index contributed by atoms with van der Waals surface area (Å²) >= 11 is 0. The van der Waals surface area contributed by atoms with E-state index in [1.54, 1.807) is 25.7 Å². The maximum atomic E-state index is 11.7. The van der Waals surface area contributed by atoms with Crippen LogP contribution in [-0.4, -0.2) is 46.8 Å². The second kappa shape index (κ2) is 6.54. The fraction of sp³-hybridized carbons (Fsp3) is 0.500. The van der Waals surface area contributed by atoms with Crippen molar-refractivity contribution in [3.05, 3.63) is 17.5 Å². The molecule has 1 aromatic rings. The number of likely N-dealkylation sites (N-methyl/N-ethyl adjacent to an activating group) is 1. The molecule has 0 aromatic carbocycles. The zero-order valence-electron chi connectivity index (χ0n) is 11.2. The van der Waals surface area contributed by atoms with Crippen LogP contribution in [0.15, 0.2) is 6.20 Å². The van der Waals surface area contributed by atoms with Crippen molar-refractivity contribution >= 4 is 11.9 Å². The molecule has 0 fully saturated rings.